The highest BCUT2D eigenvalue weighted by Crippen LogP contribution is 2.25. The van der Waals surface area contributed by atoms with E-state index in [9.17, 15) is 0 Å². The summed E-state index contributed by atoms with van der Waals surface area (Å²) in [5, 5.41) is 3.37. The molecule has 0 bridgehead atoms. The second-order valence-corrected chi connectivity index (χ2v) is 4.73. The number of rotatable bonds is 2. The number of nitrogen functional groups attached to an aromatic ring is 1. The number of benzene rings is 1. The Morgan fingerprint density at radius 1 is 1.24 bits per heavy atom. The molecule has 0 spiro atoms. The van der Waals surface area contributed by atoms with Crippen LogP contribution in [-0.4, -0.2) is 11.0 Å². The summed E-state index contributed by atoms with van der Waals surface area (Å²) in [6.45, 7) is 0. The van der Waals surface area contributed by atoms with Crippen molar-refractivity contribution in [3.8, 4) is 0 Å². The van der Waals surface area contributed by atoms with Gasteiger partial charge in [0, 0.05) is 11.7 Å². The molecule has 0 radical (unpaired) electrons. The maximum Gasteiger partial charge on any atom is 0.295 e. The SMILES string of the molecule is Nc1ccc2oc(NC3CCCCC3)nc2c1. The van der Waals surface area contributed by atoms with Crippen LogP contribution in [0.25, 0.3) is 11.1 Å². The van der Waals surface area contributed by atoms with Crippen LogP contribution in [0.4, 0.5) is 11.7 Å². The van der Waals surface area contributed by atoms with Crippen molar-refractivity contribution in [2.24, 2.45) is 0 Å². The third kappa shape index (κ3) is 2.20. The van der Waals surface area contributed by atoms with Gasteiger partial charge in [0.25, 0.3) is 6.01 Å². The zero-order valence-corrected chi connectivity index (χ0v) is 9.78. The molecule has 4 heteroatoms. The number of fused-ring (bicyclic) bond motifs is 1. The molecular weight excluding hydrogens is 214 g/mol. The van der Waals surface area contributed by atoms with Gasteiger partial charge in [0.1, 0.15) is 5.52 Å². The van der Waals surface area contributed by atoms with E-state index in [1.807, 2.05) is 18.2 Å². The molecule has 17 heavy (non-hydrogen) atoms. The minimum Gasteiger partial charge on any atom is -0.424 e. The number of nitrogens with two attached hydrogens (primary N) is 1. The van der Waals surface area contributed by atoms with E-state index in [4.69, 9.17) is 10.2 Å². The minimum absolute atomic E-state index is 0.508. The lowest BCUT2D eigenvalue weighted by Gasteiger charge is -2.21. The third-order valence-electron chi connectivity index (χ3n) is 3.34. The van der Waals surface area contributed by atoms with Gasteiger partial charge in [-0.15, -0.1) is 0 Å². The Labute approximate surface area is 100 Å². The number of nitrogens with one attached hydrogen (secondary N) is 1. The maximum absolute atomic E-state index is 5.72. The van der Waals surface area contributed by atoms with E-state index in [0.717, 1.165) is 16.8 Å². The van der Waals surface area contributed by atoms with Gasteiger partial charge >= 0.3 is 0 Å². The molecule has 90 valence electrons. The largest absolute Gasteiger partial charge is 0.424 e. The lowest BCUT2D eigenvalue weighted by atomic mass is 9.96. The van der Waals surface area contributed by atoms with Crippen LogP contribution in [0.1, 0.15) is 32.1 Å². The van der Waals surface area contributed by atoms with E-state index >= 15 is 0 Å². The molecular formula is C13H17N3O. The van der Waals surface area contributed by atoms with Crippen molar-refractivity contribution in [2.75, 3.05) is 11.1 Å². The number of anilines is 2. The maximum atomic E-state index is 5.72. The van der Waals surface area contributed by atoms with Crippen molar-refractivity contribution >= 4 is 22.8 Å². The summed E-state index contributed by atoms with van der Waals surface area (Å²) in [5.41, 5.74) is 8.04. The van der Waals surface area contributed by atoms with Crippen LogP contribution in [-0.2, 0) is 0 Å². The molecule has 3 rings (SSSR count). The molecule has 3 N–H and O–H groups in total. The Morgan fingerprint density at radius 3 is 2.88 bits per heavy atom. The molecule has 1 fully saturated rings. The molecule has 0 unspecified atom stereocenters. The first-order chi connectivity index (χ1) is 8.31. The van der Waals surface area contributed by atoms with Gasteiger partial charge in [-0.25, -0.2) is 0 Å². The van der Waals surface area contributed by atoms with E-state index in [-0.39, 0.29) is 0 Å². The monoisotopic (exact) mass is 231 g/mol. The van der Waals surface area contributed by atoms with Crippen molar-refractivity contribution in [3.05, 3.63) is 18.2 Å². The summed E-state index contributed by atoms with van der Waals surface area (Å²) in [6.07, 6.45) is 6.36. The Kier molecular flexibility index (Phi) is 2.63. The van der Waals surface area contributed by atoms with Crippen molar-refractivity contribution in [3.63, 3.8) is 0 Å². The Hall–Kier alpha value is -1.71. The minimum atomic E-state index is 0.508. The van der Waals surface area contributed by atoms with E-state index in [2.05, 4.69) is 10.3 Å². The average Bonchev–Trinajstić information content (AvgIpc) is 2.71. The van der Waals surface area contributed by atoms with Gasteiger partial charge in [-0.2, -0.15) is 4.98 Å². The first-order valence-electron chi connectivity index (χ1n) is 6.24. The van der Waals surface area contributed by atoms with Gasteiger partial charge in [0.05, 0.1) is 0 Å². The fourth-order valence-corrected chi connectivity index (χ4v) is 2.43. The Morgan fingerprint density at radius 2 is 2.06 bits per heavy atom. The molecule has 2 aromatic rings. The molecule has 1 saturated carbocycles. The Balaban J connectivity index is 1.80. The molecule has 0 saturated heterocycles. The van der Waals surface area contributed by atoms with Gasteiger partial charge < -0.3 is 15.5 Å². The van der Waals surface area contributed by atoms with Crippen LogP contribution in [0.3, 0.4) is 0 Å². The molecule has 0 aliphatic heterocycles. The fourth-order valence-electron chi connectivity index (χ4n) is 2.43. The first kappa shape index (κ1) is 10.4. The summed E-state index contributed by atoms with van der Waals surface area (Å²) in [6, 6.07) is 6.67. The van der Waals surface area contributed by atoms with Gasteiger partial charge in [-0.1, -0.05) is 19.3 Å². The molecule has 1 heterocycles. The van der Waals surface area contributed by atoms with Crippen LogP contribution < -0.4 is 11.1 Å². The van der Waals surface area contributed by atoms with E-state index in [1.165, 1.54) is 32.1 Å². The molecule has 1 aromatic carbocycles. The first-order valence-corrected chi connectivity index (χ1v) is 6.24. The molecule has 4 nitrogen and oxygen atoms in total. The van der Waals surface area contributed by atoms with Gasteiger partial charge in [0.2, 0.25) is 0 Å². The predicted octanol–water partition coefficient (Wildman–Crippen LogP) is 3.15. The summed E-state index contributed by atoms with van der Waals surface area (Å²) in [5.74, 6) is 0. The van der Waals surface area contributed by atoms with Crippen molar-refractivity contribution in [1.82, 2.24) is 4.98 Å². The normalized spacial score (nSPS) is 17.4. The van der Waals surface area contributed by atoms with E-state index in [1.54, 1.807) is 0 Å². The standard InChI is InChI=1S/C13H17N3O/c14-9-6-7-12-11(8-9)16-13(17-12)15-10-4-2-1-3-5-10/h6-8,10H,1-5,14H2,(H,15,16). The molecule has 1 aliphatic carbocycles. The molecule has 0 amide bonds. The summed E-state index contributed by atoms with van der Waals surface area (Å²) < 4.78 is 5.65. The predicted molar refractivity (Wildman–Crippen MR) is 68.9 cm³/mol. The van der Waals surface area contributed by atoms with Crippen LogP contribution in [0.5, 0.6) is 0 Å². The third-order valence-corrected chi connectivity index (χ3v) is 3.34. The summed E-state index contributed by atoms with van der Waals surface area (Å²) in [4.78, 5) is 4.41. The Bertz CT molecular complexity index is 514. The second kappa shape index (κ2) is 4.28. The number of hydrogen-bond acceptors (Lipinski definition) is 4. The van der Waals surface area contributed by atoms with Crippen LogP contribution >= 0.6 is 0 Å². The zero-order chi connectivity index (χ0) is 11.7. The average molecular weight is 231 g/mol. The number of oxazole rings is 1. The smallest absolute Gasteiger partial charge is 0.295 e. The van der Waals surface area contributed by atoms with Gasteiger partial charge in [-0.3, -0.25) is 0 Å². The lowest BCUT2D eigenvalue weighted by molar-refractivity contribution is 0.451. The topological polar surface area (TPSA) is 64.1 Å². The van der Waals surface area contributed by atoms with Crippen LogP contribution in [0.15, 0.2) is 22.6 Å². The molecule has 0 atom stereocenters. The highest BCUT2D eigenvalue weighted by Gasteiger charge is 2.15. The number of nitrogens with zero attached hydrogens (tertiary/aromatic N) is 1. The van der Waals surface area contributed by atoms with Crippen LogP contribution in [0.2, 0.25) is 0 Å². The lowest BCUT2D eigenvalue weighted by Crippen LogP contribution is -2.22. The van der Waals surface area contributed by atoms with Crippen molar-refractivity contribution in [2.45, 2.75) is 38.1 Å². The fraction of sp³-hybridized carbons (Fsp3) is 0.462. The van der Waals surface area contributed by atoms with Gasteiger partial charge in [0.15, 0.2) is 5.58 Å². The molecule has 1 aliphatic rings. The molecule has 1 aromatic heterocycles. The van der Waals surface area contributed by atoms with E-state index < -0.39 is 0 Å². The number of aromatic nitrogens is 1. The highest BCUT2D eigenvalue weighted by molar-refractivity contribution is 5.78. The summed E-state index contributed by atoms with van der Waals surface area (Å²) >= 11 is 0. The highest BCUT2D eigenvalue weighted by atomic mass is 16.4. The number of hydrogen-bond donors (Lipinski definition) is 2. The van der Waals surface area contributed by atoms with Crippen molar-refractivity contribution in [1.29, 1.82) is 0 Å². The van der Waals surface area contributed by atoms with Crippen LogP contribution in [0, 0.1) is 0 Å². The van der Waals surface area contributed by atoms with Gasteiger partial charge in [-0.05, 0) is 31.0 Å². The van der Waals surface area contributed by atoms with Crippen molar-refractivity contribution < 1.29 is 4.42 Å². The second-order valence-electron chi connectivity index (χ2n) is 4.73. The van der Waals surface area contributed by atoms with E-state index in [0.29, 0.717) is 12.1 Å². The zero-order valence-electron chi connectivity index (χ0n) is 9.78. The summed E-state index contributed by atoms with van der Waals surface area (Å²) in [7, 11) is 0. The quantitative estimate of drug-likeness (QED) is 0.779.